The fourth-order valence-electron chi connectivity index (χ4n) is 3.00. The first-order valence-corrected chi connectivity index (χ1v) is 8.90. The number of benzene rings is 1. The number of phenols is 1. The summed E-state index contributed by atoms with van der Waals surface area (Å²) in [7, 11) is 0. The highest BCUT2D eigenvalue weighted by Crippen LogP contribution is 2.37. The molecule has 0 aliphatic carbocycles. The SMILES string of the molecule is C#CCCC1(CCC(=O)Nc2ccc(O)c(CN3CCOCC3)c2)N=N1. The number of terminal acetylenes is 1. The monoisotopic (exact) mass is 356 g/mol. The van der Waals surface area contributed by atoms with E-state index in [1.165, 1.54) is 0 Å². The second-order valence-corrected chi connectivity index (χ2v) is 6.67. The van der Waals surface area contributed by atoms with E-state index in [0.29, 0.717) is 51.1 Å². The molecule has 7 heteroatoms. The lowest BCUT2D eigenvalue weighted by Crippen LogP contribution is -2.35. The van der Waals surface area contributed by atoms with Gasteiger partial charge in [0.05, 0.1) is 13.2 Å². The van der Waals surface area contributed by atoms with E-state index in [2.05, 4.69) is 26.4 Å². The third kappa shape index (κ3) is 5.04. The van der Waals surface area contributed by atoms with E-state index in [-0.39, 0.29) is 11.7 Å². The van der Waals surface area contributed by atoms with Crippen LogP contribution in [0.2, 0.25) is 0 Å². The van der Waals surface area contributed by atoms with Gasteiger partial charge >= 0.3 is 0 Å². The number of carbonyl (C=O) groups excluding carboxylic acids is 1. The Morgan fingerprint density at radius 1 is 1.35 bits per heavy atom. The fourth-order valence-corrected chi connectivity index (χ4v) is 3.00. The molecule has 2 aliphatic heterocycles. The number of ether oxygens (including phenoxy) is 1. The summed E-state index contributed by atoms with van der Waals surface area (Å²) in [5.74, 6) is 2.72. The lowest BCUT2D eigenvalue weighted by Gasteiger charge is -2.27. The summed E-state index contributed by atoms with van der Waals surface area (Å²) in [6, 6.07) is 5.14. The third-order valence-corrected chi connectivity index (χ3v) is 4.67. The van der Waals surface area contributed by atoms with Crippen LogP contribution in [-0.2, 0) is 16.1 Å². The van der Waals surface area contributed by atoms with Gasteiger partial charge in [-0.15, -0.1) is 12.3 Å². The summed E-state index contributed by atoms with van der Waals surface area (Å²) in [5, 5.41) is 21.1. The maximum atomic E-state index is 12.2. The van der Waals surface area contributed by atoms with Gasteiger partial charge in [0, 0.05) is 56.6 Å². The molecule has 1 aromatic rings. The maximum absolute atomic E-state index is 12.2. The zero-order chi connectivity index (χ0) is 18.4. The van der Waals surface area contributed by atoms with Gasteiger partial charge in [-0.05, 0) is 18.2 Å². The molecule has 1 amide bonds. The smallest absolute Gasteiger partial charge is 0.224 e. The zero-order valence-electron chi connectivity index (χ0n) is 14.8. The minimum atomic E-state index is -0.444. The van der Waals surface area contributed by atoms with Gasteiger partial charge in [-0.1, -0.05) is 0 Å². The average Bonchev–Trinajstić information content (AvgIpc) is 3.42. The molecule has 26 heavy (non-hydrogen) atoms. The van der Waals surface area contributed by atoms with Crippen molar-refractivity contribution in [2.24, 2.45) is 10.2 Å². The Morgan fingerprint density at radius 2 is 2.12 bits per heavy atom. The first-order chi connectivity index (χ1) is 12.6. The molecule has 0 bridgehead atoms. The van der Waals surface area contributed by atoms with Crippen LogP contribution in [0.5, 0.6) is 5.75 Å². The van der Waals surface area contributed by atoms with Gasteiger partial charge in [0.25, 0.3) is 0 Å². The first kappa shape index (κ1) is 18.4. The van der Waals surface area contributed by atoms with E-state index in [1.54, 1.807) is 12.1 Å². The maximum Gasteiger partial charge on any atom is 0.224 e. The lowest BCUT2D eigenvalue weighted by atomic mass is 10.0. The molecule has 2 aliphatic rings. The number of nitrogens with zero attached hydrogens (tertiary/aromatic N) is 3. The van der Waals surface area contributed by atoms with Crippen LogP contribution in [0.4, 0.5) is 5.69 Å². The molecule has 0 spiro atoms. The van der Waals surface area contributed by atoms with Gasteiger partial charge in [0.1, 0.15) is 5.75 Å². The molecule has 0 radical (unpaired) electrons. The van der Waals surface area contributed by atoms with E-state index >= 15 is 0 Å². The summed E-state index contributed by atoms with van der Waals surface area (Å²) in [5.41, 5.74) is 1.03. The Kier molecular flexibility index (Phi) is 5.86. The summed E-state index contributed by atoms with van der Waals surface area (Å²) in [6.07, 6.45) is 7.47. The number of anilines is 1. The van der Waals surface area contributed by atoms with Crippen LogP contribution in [0.1, 0.15) is 31.2 Å². The van der Waals surface area contributed by atoms with Crippen LogP contribution < -0.4 is 5.32 Å². The van der Waals surface area contributed by atoms with Crippen molar-refractivity contribution >= 4 is 11.6 Å². The van der Waals surface area contributed by atoms with Crippen molar-refractivity contribution in [2.75, 3.05) is 31.6 Å². The Balaban J connectivity index is 1.51. The molecule has 2 N–H and O–H groups in total. The second kappa shape index (κ2) is 8.30. The van der Waals surface area contributed by atoms with Crippen LogP contribution in [0, 0.1) is 12.3 Å². The molecule has 0 aromatic heterocycles. The topological polar surface area (TPSA) is 86.5 Å². The van der Waals surface area contributed by atoms with Crippen molar-refractivity contribution in [3.63, 3.8) is 0 Å². The highest BCUT2D eigenvalue weighted by molar-refractivity contribution is 5.91. The quantitative estimate of drug-likeness (QED) is 0.553. The number of morpholine rings is 1. The summed E-state index contributed by atoms with van der Waals surface area (Å²) < 4.78 is 5.34. The molecule has 2 heterocycles. The zero-order valence-corrected chi connectivity index (χ0v) is 14.8. The van der Waals surface area contributed by atoms with Crippen molar-refractivity contribution in [1.82, 2.24) is 4.90 Å². The summed E-state index contributed by atoms with van der Waals surface area (Å²) in [6.45, 7) is 3.71. The Labute approximate surface area is 153 Å². The fraction of sp³-hybridized carbons (Fsp3) is 0.526. The molecule has 0 saturated carbocycles. The number of hydrogen-bond donors (Lipinski definition) is 2. The standard InChI is InChI=1S/C19H24N4O3/c1-2-3-7-19(21-22-19)8-6-18(25)20-16-4-5-17(24)15(13-16)14-23-9-11-26-12-10-23/h1,4-5,13,24H,3,6-12,14H2,(H,20,25). The Bertz CT molecular complexity index is 714. The third-order valence-electron chi connectivity index (χ3n) is 4.67. The molecule has 1 aromatic carbocycles. The minimum Gasteiger partial charge on any atom is -0.508 e. The number of rotatable bonds is 8. The van der Waals surface area contributed by atoms with Gasteiger partial charge in [-0.2, -0.15) is 10.2 Å². The molecule has 0 atom stereocenters. The van der Waals surface area contributed by atoms with Crippen molar-refractivity contribution < 1.29 is 14.6 Å². The Hall–Kier alpha value is -2.43. The van der Waals surface area contributed by atoms with E-state index in [4.69, 9.17) is 11.2 Å². The van der Waals surface area contributed by atoms with Crippen LogP contribution in [0.3, 0.4) is 0 Å². The molecular weight excluding hydrogens is 332 g/mol. The van der Waals surface area contributed by atoms with Gasteiger partial charge in [-0.25, -0.2) is 0 Å². The van der Waals surface area contributed by atoms with E-state index < -0.39 is 5.66 Å². The van der Waals surface area contributed by atoms with E-state index in [0.717, 1.165) is 18.7 Å². The van der Waals surface area contributed by atoms with Crippen LogP contribution >= 0.6 is 0 Å². The number of phenolic OH excluding ortho intramolecular Hbond substituents is 1. The highest BCUT2D eigenvalue weighted by Gasteiger charge is 2.39. The number of amides is 1. The van der Waals surface area contributed by atoms with Crippen molar-refractivity contribution in [3.8, 4) is 18.1 Å². The first-order valence-electron chi connectivity index (χ1n) is 8.90. The van der Waals surface area contributed by atoms with Crippen molar-refractivity contribution in [3.05, 3.63) is 23.8 Å². The van der Waals surface area contributed by atoms with Gasteiger partial charge < -0.3 is 15.2 Å². The second-order valence-electron chi connectivity index (χ2n) is 6.67. The summed E-state index contributed by atoms with van der Waals surface area (Å²) in [4.78, 5) is 14.4. The molecule has 3 rings (SSSR count). The van der Waals surface area contributed by atoms with Gasteiger partial charge in [0.15, 0.2) is 5.66 Å². The van der Waals surface area contributed by atoms with Crippen LogP contribution in [0.25, 0.3) is 0 Å². The van der Waals surface area contributed by atoms with Crippen LogP contribution in [-0.4, -0.2) is 47.9 Å². The largest absolute Gasteiger partial charge is 0.508 e. The molecule has 1 saturated heterocycles. The van der Waals surface area contributed by atoms with Crippen molar-refractivity contribution in [2.45, 2.75) is 37.9 Å². The van der Waals surface area contributed by atoms with Crippen molar-refractivity contribution in [1.29, 1.82) is 0 Å². The van der Waals surface area contributed by atoms with Gasteiger partial charge in [0.2, 0.25) is 5.91 Å². The number of nitrogens with one attached hydrogen (secondary N) is 1. The summed E-state index contributed by atoms with van der Waals surface area (Å²) >= 11 is 0. The number of carbonyl (C=O) groups is 1. The molecule has 7 nitrogen and oxygen atoms in total. The molecule has 0 unspecified atom stereocenters. The average molecular weight is 356 g/mol. The predicted octanol–water partition coefficient (Wildman–Crippen LogP) is 2.52. The number of aromatic hydroxyl groups is 1. The van der Waals surface area contributed by atoms with E-state index in [1.807, 2.05) is 6.07 Å². The predicted molar refractivity (Wildman–Crippen MR) is 97.7 cm³/mol. The van der Waals surface area contributed by atoms with E-state index in [9.17, 15) is 9.90 Å². The highest BCUT2D eigenvalue weighted by atomic mass is 16.5. The normalized spacial score (nSPS) is 18.3. The molecular formula is C19H24N4O3. The minimum absolute atomic E-state index is 0.0922. The van der Waals surface area contributed by atoms with Gasteiger partial charge in [-0.3, -0.25) is 9.69 Å². The Morgan fingerprint density at radius 3 is 2.81 bits per heavy atom. The molecule has 138 valence electrons. The van der Waals surface area contributed by atoms with Crippen LogP contribution in [0.15, 0.2) is 28.4 Å². The lowest BCUT2D eigenvalue weighted by molar-refractivity contribution is -0.116. The number of hydrogen-bond acceptors (Lipinski definition) is 6. The molecule has 1 fully saturated rings.